The van der Waals surface area contributed by atoms with Gasteiger partial charge in [0.05, 0.1) is 12.5 Å². The minimum Gasteiger partial charge on any atom is -0.426 e. The lowest BCUT2D eigenvalue weighted by molar-refractivity contribution is -0.127. The van der Waals surface area contributed by atoms with Crippen LogP contribution >= 0.6 is 0 Å². The lowest BCUT2D eigenvalue weighted by atomic mass is 9.76. The zero-order valence-corrected chi connectivity index (χ0v) is 17.4. The van der Waals surface area contributed by atoms with Gasteiger partial charge in [-0.1, -0.05) is 50.3 Å². The van der Waals surface area contributed by atoms with Crippen molar-refractivity contribution in [1.82, 2.24) is 15.5 Å². The van der Waals surface area contributed by atoms with Gasteiger partial charge in [-0.15, -0.1) is 0 Å². The van der Waals surface area contributed by atoms with Gasteiger partial charge in [0, 0.05) is 19.1 Å². The number of allylic oxidation sites excluding steroid dienone is 1. The van der Waals surface area contributed by atoms with E-state index in [9.17, 15) is 19.6 Å². The summed E-state index contributed by atoms with van der Waals surface area (Å²) in [4.78, 5) is 30.0. The molecule has 1 heterocycles. The zero-order chi connectivity index (χ0) is 22.1. The number of likely N-dealkylation sites (tertiary alicyclic amines) is 1. The lowest BCUT2D eigenvalue weighted by Gasteiger charge is -2.26. The van der Waals surface area contributed by atoms with Crippen LogP contribution in [0.4, 0.5) is 4.79 Å². The second kappa shape index (κ2) is 11.4. The molecule has 30 heavy (non-hydrogen) atoms. The van der Waals surface area contributed by atoms with Crippen LogP contribution in [0.15, 0.2) is 42.1 Å². The smallest absolute Gasteiger partial charge is 0.426 e. The van der Waals surface area contributed by atoms with Gasteiger partial charge in [-0.25, -0.2) is 9.64 Å². The summed E-state index contributed by atoms with van der Waals surface area (Å²) in [6, 6.07) is 8.49. The van der Waals surface area contributed by atoms with Crippen LogP contribution in [0, 0.1) is 12.5 Å². The maximum Gasteiger partial charge on any atom is 0.475 e. The number of urea groups is 1. The normalized spacial score (nSPS) is 17.4. The topological polar surface area (TPSA) is 106 Å². The molecule has 1 aromatic rings. The first kappa shape index (κ1) is 23.5. The van der Waals surface area contributed by atoms with Crippen LogP contribution in [-0.2, 0) is 11.2 Å². The number of rotatable bonds is 8. The number of carbonyl (C=O) groups is 2. The van der Waals surface area contributed by atoms with Crippen molar-refractivity contribution in [2.75, 3.05) is 13.1 Å². The monoisotopic (exact) mass is 412 g/mol. The highest BCUT2D eigenvalue weighted by Crippen LogP contribution is 2.20. The standard InChI is InChI=1S/C21H29BN4O4/c1-15(2)12-18(23-3)20(27)26-11-7-10-17(26)14-24-21(28)25-19(22(29)30)13-16-8-5-4-6-9-16/h4-6,8-9,12,15,17,19,29-30H,7,10-11,13-14H2,1-2H3,(H2,24,25,28)/t17-,19+/m1/s1. The average Bonchev–Trinajstić information content (AvgIpc) is 3.18. The first-order chi connectivity index (χ1) is 14.3. The highest BCUT2D eigenvalue weighted by atomic mass is 16.4. The van der Waals surface area contributed by atoms with Gasteiger partial charge in [-0.05, 0) is 30.7 Å². The van der Waals surface area contributed by atoms with E-state index >= 15 is 0 Å². The number of hydrogen-bond acceptors (Lipinski definition) is 4. The Balaban J connectivity index is 1.92. The molecule has 0 spiro atoms. The second-order valence-corrected chi connectivity index (χ2v) is 7.77. The third-order valence-corrected chi connectivity index (χ3v) is 4.94. The van der Waals surface area contributed by atoms with Crippen LogP contribution in [0.2, 0.25) is 0 Å². The summed E-state index contributed by atoms with van der Waals surface area (Å²) in [6.07, 6.45) is 3.46. The summed E-state index contributed by atoms with van der Waals surface area (Å²) in [7, 11) is -1.71. The van der Waals surface area contributed by atoms with Crippen LogP contribution in [0.25, 0.3) is 4.85 Å². The molecule has 0 radical (unpaired) electrons. The van der Waals surface area contributed by atoms with Gasteiger partial charge in [0.15, 0.2) is 0 Å². The Kier molecular flexibility index (Phi) is 8.90. The van der Waals surface area contributed by atoms with Gasteiger partial charge < -0.3 is 25.6 Å². The maximum atomic E-state index is 12.7. The van der Waals surface area contributed by atoms with E-state index in [4.69, 9.17) is 6.57 Å². The molecule has 0 saturated carbocycles. The molecule has 1 fully saturated rings. The van der Waals surface area contributed by atoms with Gasteiger partial charge >= 0.3 is 13.1 Å². The van der Waals surface area contributed by atoms with E-state index in [2.05, 4.69) is 15.5 Å². The van der Waals surface area contributed by atoms with Gasteiger partial charge in [-0.3, -0.25) is 4.79 Å². The van der Waals surface area contributed by atoms with Crippen molar-refractivity contribution in [2.24, 2.45) is 5.92 Å². The Labute approximate surface area is 177 Å². The number of carbonyl (C=O) groups excluding carboxylic acids is 2. The van der Waals surface area contributed by atoms with E-state index in [0.717, 1.165) is 18.4 Å². The molecule has 0 aromatic heterocycles. The first-order valence-corrected chi connectivity index (χ1v) is 10.2. The predicted molar refractivity (Wildman–Crippen MR) is 115 cm³/mol. The van der Waals surface area contributed by atoms with E-state index in [1.54, 1.807) is 11.0 Å². The molecule has 1 aliphatic rings. The fourth-order valence-corrected chi connectivity index (χ4v) is 3.46. The third kappa shape index (κ3) is 6.90. The second-order valence-electron chi connectivity index (χ2n) is 7.77. The first-order valence-electron chi connectivity index (χ1n) is 10.2. The average molecular weight is 412 g/mol. The zero-order valence-electron chi connectivity index (χ0n) is 17.4. The van der Waals surface area contributed by atoms with E-state index < -0.39 is 19.1 Å². The van der Waals surface area contributed by atoms with E-state index in [1.165, 1.54) is 0 Å². The molecule has 1 aliphatic heterocycles. The summed E-state index contributed by atoms with van der Waals surface area (Å²) in [5, 5.41) is 24.5. The van der Waals surface area contributed by atoms with Crippen molar-refractivity contribution >= 4 is 19.1 Å². The molecule has 0 bridgehead atoms. The van der Waals surface area contributed by atoms with Crippen molar-refractivity contribution in [2.45, 2.75) is 45.1 Å². The summed E-state index contributed by atoms with van der Waals surface area (Å²) in [5.41, 5.74) is 0.972. The molecule has 1 saturated heterocycles. The number of benzene rings is 1. The fraction of sp³-hybridized carbons (Fsp3) is 0.476. The summed E-state index contributed by atoms with van der Waals surface area (Å²) >= 11 is 0. The molecule has 2 rings (SSSR count). The Morgan fingerprint density at radius 2 is 2.03 bits per heavy atom. The molecule has 1 aromatic carbocycles. The molecule has 2 atom stereocenters. The van der Waals surface area contributed by atoms with E-state index in [-0.39, 0.29) is 36.5 Å². The minimum absolute atomic E-state index is 0.0921. The van der Waals surface area contributed by atoms with Crippen molar-refractivity contribution in [3.05, 3.63) is 59.1 Å². The van der Waals surface area contributed by atoms with Crippen LogP contribution in [0.1, 0.15) is 32.3 Å². The third-order valence-electron chi connectivity index (χ3n) is 4.94. The van der Waals surface area contributed by atoms with Crippen LogP contribution < -0.4 is 10.6 Å². The predicted octanol–water partition coefficient (Wildman–Crippen LogP) is 1.36. The van der Waals surface area contributed by atoms with Gasteiger partial charge in [0.2, 0.25) is 5.70 Å². The Morgan fingerprint density at radius 1 is 1.33 bits per heavy atom. The van der Waals surface area contributed by atoms with Gasteiger partial charge in [0.1, 0.15) is 0 Å². The van der Waals surface area contributed by atoms with Crippen LogP contribution in [-0.4, -0.2) is 59.1 Å². The molecule has 3 amide bonds. The number of nitrogens with one attached hydrogen (secondary N) is 2. The van der Waals surface area contributed by atoms with Crippen LogP contribution in [0.3, 0.4) is 0 Å². The van der Waals surface area contributed by atoms with Crippen molar-refractivity contribution in [3.63, 3.8) is 0 Å². The Morgan fingerprint density at radius 3 is 2.63 bits per heavy atom. The van der Waals surface area contributed by atoms with Crippen molar-refractivity contribution in [1.29, 1.82) is 0 Å². The molecule has 9 heteroatoms. The summed E-state index contributed by atoms with van der Waals surface area (Å²) < 4.78 is 0. The molecule has 4 N–H and O–H groups in total. The molecule has 8 nitrogen and oxygen atoms in total. The minimum atomic E-state index is -1.71. The number of amides is 3. The molecular weight excluding hydrogens is 383 g/mol. The van der Waals surface area contributed by atoms with Crippen molar-refractivity contribution < 1.29 is 19.6 Å². The fourth-order valence-electron chi connectivity index (χ4n) is 3.46. The van der Waals surface area contributed by atoms with Gasteiger partial charge in [0.25, 0.3) is 5.91 Å². The van der Waals surface area contributed by atoms with E-state index in [1.807, 2.05) is 44.2 Å². The highest BCUT2D eigenvalue weighted by Gasteiger charge is 2.31. The highest BCUT2D eigenvalue weighted by molar-refractivity contribution is 6.43. The number of hydrogen-bond donors (Lipinski definition) is 4. The molecule has 0 unspecified atom stereocenters. The molecular formula is C21H29BN4O4. The van der Waals surface area contributed by atoms with Crippen molar-refractivity contribution in [3.8, 4) is 0 Å². The molecule has 0 aliphatic carbocycles. The van der Waals surface area contributed by atoms with E-state index in [0.29, 0.717) is 6.54 Å². The Bertz CT molecular complexity index is 792. The van der Waals surface area contributed by atoms with Gasteiger partial charge in [-0.2, -0.15) is 0 Å². The lowest BCUT2D eigenvalue weighted by Crippen LogP contribution is -2.53. The quantitative estimate of drug-likeness (QED) is 0.294. The molecule has 160 valence electrons. The summed E-state index contributed by atoms with van der Waals surface area (Å²) in [5.74, 6) is -1.08. The van der Waals surface area contributed by atoms with Crippen LogP contribution in [0.5, 0.6) is 0 Å². The maximum absolute atomic E-state index is 12.7. The summed E-state index contributed by atoms with van der Waals surface area (Å²) in [6.45, 7) is 11.9. The SMILES string of the molecule is [C-]#[N+]C(=CC(C)C)C(=O)N1CCC[C@@H]1CNC(=O)N[C@@H](Cc1ccccc1)B(O)O. The number of nitrogens with zero attached hydrogens (tertiary/aromatic N) is 2. The Hall–Kier alpha value is -2.83. The largest absolute Gasteiger partial charge is 0.475 e.